The van der Waals surface area contributed by atoms with Crippen LogP contribution in [0.2, 0.25) is 5.02 Å². The number of halogens is 4. The molecule has 0 aliphatic rings. The van der Waals surface area contributed by atoms with Crippen LogP contribution in [0.15, 0.2) is 47.3 Å². The molecule has 166 valence electrons. The predicted molar refractivity (Wildman–Crippen MR) is 112 cm³/mol. The summed E-state index contributed by atoms with van der Waals surface area (Å²) in [5.41, 5.74) is 2.10. The minimum Gasteiger partial charge on any atom is -0.454 e. The van der Waals surface area contributed by atoms with Gasteiger partial charge in [0.25, 0.3) is 0 Å². The molecule has 0 aliphatic carbocycles. The first-order chi connectivity index (χ1) is 15.2. The Labute approximate surface area is 183 Å². The van der Waals surface area contributed by atoms with E-state index >= 15 is 0 Å². The van der Waals surface area contributed by atoms with E-state index in [-0.39, 0.29) is 24.1 Å². The number of hydrogen-bond donors (Lipinski definition) is 4. The lowest BCUT2D eigenvalue weighted by Gasteiger charge is -2.12. The van der Waals surface area contributed by atoms with Crippen molar-refractivity contribution in [2.24, 2.45) is 0 Å². The van der Waals surface area contributed by atoms with Gasteiger partial charge in [-0.15, -0.1) is 0 Å². The number of imidazole rings is 1. The van der Waals surface area contributed by atoms with Crippen LogP contribution in [0.4, 0.5) is 30.8 Å². The zero-order valence-electron chi connectivity index (χ0n) is 16.1. The number of hydrogen-bond acceptors (Lipinski definition) is 7. The summed E-state index contributed by atoms with van der Waals surface area (Å²) in [6, 6.07) is 11.4. The number of benzene rings is 2. The SMILES string of the molecule is O=c1[nH]c2ccc(Nc3nc(NCc4ccc(Cl)cc4)nc(OCC(F)(F)F)n3)cc2[nH]1. The van der Waals surface area contributed by atoms with E-state index in [2.05, 4.69) is 35.6 Å². The van der Waals surface area contributed by atoms with E-state index in [1.54, 1.807) is 42.5 Å². The molecule has 0 amide bonds. The molecule has 0 aliphatic heterocycles. The van der Waals surface area contributed by atoms with Crippen molar-refractivity contribution < 1.29 is 17.9 Å². The highest BCUT2D eigenvalue weighted by Crippen LogP contribution is 2.22. The number of H-pyrrole nitrogens is 2. The van der Waals surface area contributed by atoms with Gasteiger partial charge in [0.2, 0.25) is 11.9 Å². The standard InChI is InChI=1S/C19H15ClF3N7O2/c20-11-3-1-10(2-4-11)8-24-15-28-16(30-18(29-15)32-9-19(21,22)23)25-12-5-6-13-14(7-12)27-17(31)26-13/h1-7H,8-9H2,(H2,26,27,31)(H2,24,25,28,29,30). The summed E-state index contributed by atoms with van der Waals surface area (Å²) in [5, 5.41) is 6.36. The molecule has 0 fully saturated rings. The fraction of sp³-hybridized carbons (Fsp3) is 0.158. The highest BCUT2D eigenvalue weighted by atomic mass is 35.5. The number of nitrogens with one attached hydrogen (secondary N) is 4. The predicted octanol–water partition coefficient (Wildman–Crippen LogP) is 3.99. The van der Waals surface area contributed by atoms with Crippen LogP contribution in [0.25, 0.3) is 11.0 Å². The summed E-state index contributed by atoms with van der Waals surface area (Å²) < 4.78 is 42.4. The zero-order valence-corrected chi connectivity index (χ0v) is 16.9. The lowest BCUT2D eigenvalue weighted by atomic mass is 10.2. The second kappa shape index (κ2) is 8.75. The maximum Gasteiger partial charge on any atom is 0.422 e. The van der Waals surface area contributed by atoms with Gasteiger partial charge in [-0.1, -0.05) is 23.7 Å². The van der Waals surface area contributed by atoms with Gasteiger partial charge in [0.1, 0.15) is 0 Å². The average molecular weight is 466 g/mol. The van der Waals surface area contributed by atoms with E-state index in [1.807, 2.05) is 0 Å². The molecule has 0 saturated carbocycles. The number of aromatic nitrogens is 5. The van der Waals surface area contributed by atoms with Crippen LogP contribution in [-0.2, 0) is 6.54 Å². The van der Waals surface area contributed by atoms with Gasteiger partial charge in [0.15, 0.2) is 6.61 Å². The Kier molecular flexibility index (Phi) is 5.86. The van der Waals surface area contributed by atoms with Crippen molar-refractivity contribution in [2.75, 3.05) is 17.2 Å². The molecule has 9 nitrogen and oxygen atoms in total. The van der Waals surface area contributed by atoms with Gasteiger partial charge in [0.05, 0.1) is 11.0 Å². The second-order valence-electron chi connectivity index (χ2n) is 6.61. The number of nitrogens with zero attached hydrogens (tertiary/aromatic N) is 3. The summed E-state index contributed by atoms with van der Waals surface area (Å²) in [5.74, 6) is -0.0428. The average Bonchev–Trinajstić information content (AvgIpc) is 3.10. The Morgan fingerprint density at radius 3 is 2.44 bits per heavy atom. The van der Waals surface area contributed by atoms with E-state index in [1.165, 1.54) is 0 Å². The monoisotopic (exact) mass is 465 g/mol. The first-order valence-corrected chi connectivity index (χ1v) is 9.54. The van der Waals surface area contributed by atoms with Crippen LogP contribution < -0.4 is 21.1 Å². The van der Waals surface area contributed by atoms with Crippen molar-refractivity contribution in [2.45, 2.75) is 12.7 Å². The molecule has 0 radical (unpaired) electrons. The van der Waals surface area contributed by atoms with Crippen LogP contribution in [0.5, 0.6) is 6.01 Å². The van der Waals surface area contributed by atoms with Crippen molar-refractivity contribution in [3.8, 4) is 6.01 Å². The van der Waals surface area contributed by atoms with Gasteiger partial charge < -0.3 is 25.3 Å². The lowest BCUT2D eigenvalue weighted by Crippen LogP contribution is -2.21. The van der Waals surface area contributed by atoms with Gasteiger partial charge in [-0.3, -0.25) is 0 Å². The van der Waals surface area contributed by atoms with Crippen molar-refractivity contribution >= 4 is 40.2 Å². The maximum atomic E-state index is 12.6. The summed E-state index contributed by atoms with van der Waals surface area (Å²) in [7, 11) is 0. The van der Waals surface area contributed by atoms with Crippen LogP contribution in [0, 0.1) is 0 Å². The molecule has 13 heteroatoms. The highest BCUT2D eigenvalue weighted by molar-refractivity contribution is 6.30. The Morgan fingerprint density at radius 1 is 0.969 bits per heavy atom. The van der Waals surface area contributed by atoms with E-state index in [4.69, 9.17) is 16.3 Å². The van der Waals surface area contributed by atoms with Gasteiger partial charge in [-0.05, 0) is 35.9 Å². The highest BCUT2D eigenvalue weighted by Gasteiger charge is 2.29. The van der Waals surface area contributed by atoms with E-state index < -0.39 is 18.8 Å². The largest absolute Gasteiger partial charge is 0.454 e. The number of fused-ring (bicyclic) bond motifs is 1. The summed E-state index contributed by atoms with van der Waals surface area (Å²) in [4.78, 5) is 28.6. The number of anilines is 3. The van der Waals surface area contributed by atoms with Crippen LogP contribution >= 0.6 is 11.6 Å². The molecule has 0 bridgehead atoms. The third kappa shape index (κ3) is 5.66. The molecule has 2 aromatic heterocycles. The zero-order chi connectivity index (χ0) is 22.7. The normalized spacial score (nSPS) is 11.5. The number of rotatable bonds is 7. The summed E-state index contributed by atoms with van der Waals surface area (Å²) >= 11 is 5.87. The quantitative estimate of drug-likeness (QED) is 0.325. The van der Waals surface area contributed by atoms with Crippen LogP contribution in [0.3, 0.4) is 0 Å². The third-order valence-electron chi connectivity index (χ3n) is 4.12. The fourth-order valence-corrected chi connectivity index (χ4v) is 2.85. The van der Waals surface area contributed by atoms with Gasteiger partial charge in [-0.25, -0.2) is 4.79 Å². The van der Waals surface area contributed by atoms with Crippen LogP contribution in [0.1, 0.15) is 5.56 Å². The Bertz CT molecular complexity index is 1290. The van der Waals surface area contributed by atoms with Gasteiger partial charge >= 0.3 is 17.9 Å². The number of alkyl halides is 3. The topological polar surface area (TPSA) is 121 Å². The van der Waals surface area contributed by atoms with Crippen molar-refractivity contribution in [1.29, 1.82) is 0 Å². The van der Waals surface area contributed by atoms with Crippen molar-refractivity contribution in [3.05, 3.63) is 63.5 Å². The molecule has 2 heterocycles. The van der Waals surface area contributed by atoms with Crippen LogP contribution in [-0.4, -0.2) is 37.7 Å². The van der Waals surface area contributed by atoms with Crippen molar-refractivity contribution in [3.63, 3.8) is 0 Å². The lowest BCUT2D eigenvalue weighted by molar-refractivity contribution is -0.154. The first kappa shape index (κ1) is 21.4. The molecule has 0 atom stereocenters. The van der Waals surface area contributed by atoms with E-state index in [9.17, 15) is 18.0 Å². The molecule has 0 spiro atoms. The van der Waals surface area contributed by atoms with Crippen molar-refractivity contribution in [1.82, 2.24) is 24.9 Å². The smallest absolute Gasteiger partial charge is 0.422 e. The van der Waals surface area contributed by atoms with Gasteiger partial charge in [0, 0.05) is 17.3 Å². The Hall–Kier alpha value is -3.80. The minimum absolute atomic E-state index is 0.00533. The molecule has 4 rings (SSSR count). The molecule has 4 aromatic rings. The number of ether oxygens (including phenoxy) is 1. The molecule has 0 unspecified atom stereocenters. The molecule has 32 heavy (non-hydrogen) atoms. The first-order valence-electron chi connectivity index (χ1n) is 9.16. The number of aromatic amines is 2. The molecule has 0 saturated heterocycles. The van der Waals surface area contributed by atoms with Gasteiger partial charge in [-0.2, -0.15) is 28.1 Å². The second-order valence-corrected chi connectivity index (χ2v) is 7.05. The maximum absolute atomic E-state index is 12.6. The summed E-state index contributed by atoms with van der Waals surface area (Å²) in [6.45, 7) is -1.26. The molecule has 2 aromatic carbocycles. The Morgan fingerprint density at radius 2 is 1.69 bits per heavy atom. The summed E-state index contributed by atoms with van der Waals surface area (Å²) in [6.07, 6.45) is -4.55. The van der Waals surface area contributed by atoms with E-state index in [0.29, 0.717) is 21.7 Å². The molecular weight excluding hydrogens is 451 g/mol. The molecule has 4 N–H and O–H groups in total. The minimum atomic E-state index is -4.55. The Balaban J connectivity index is 1.57. The fourth-order valence-electron chi connectivity index (χ4n) is 2.73. The third-order valence-corrected chi connectivity index (χ3v) is 4.37. The van der Waals surface area contributed by atoms with E-state index in [0.717, 1.165) is 5.56 Å². The molecular formula is C19H15ClF3N7O2.